The third kappa shape index (κ3) is 2.08. The molecular weight excluding hydrogens is 354 g/mol. The summed E-state index contributed by atoms with van der Waals surface area (Å²) in [6, 6.07) is 0. The van der Waals surface area contributed by atoms with Gasteiger partial charge in [-0.1, -0.05) is 0 Å². The summed E-state index contributed by atoms with van der Waals surface area (Å²) in [6.45, 7) is 1.33. The molecule has 0 spiro atoms. The van der Waals surface area contributed by atoms with E-state index < -0.39 is 5.97 Å². The molecule has 3 atom stereocenters. The fourth-order valence-electron chi connectivity index (χ4n) is 4.72. The van der Waals surface area contributed by atoms with Gasteiger partial charge in [0.05, 0.1) is 24.4 Å². The van der Waals surface area contributed by atoms with Crippen LogP contribution in [0, 0.1) is 0 Å². The number of rotatable bonds is 5. The van der Waals surface area contributed by atoms with E-state index in [-0.39, 0.29) is 17.0 Å². The zero-order valence-electron chi connectivity index (χ0n) is 14.3. The van der Waals surface area contributed by atoms with Crippen molar-refractivity contribution in [1.82, 2.24) is 14.7 Å². The Morgan fingerprint density at radius 2 is 2.27 bits per heavy atom. The number of hydrogen-bond acceptors (Lipinski definition) is 5. The van der Waals surface area contributed by atoms with Gasteiger partial charge in [0, 0.05) is 29.7 Å². The van der Waals surface area contributed by atoms with Crippen LogP contribution in [0.1, 0.15) is 48.0 Å². The molecule has 1 saturated heterocycles. The van der Waals surface area contributed by atoms with E-state index >= 15 is 0 Å². The number of β-lactam (4-membered cyclic amide) rings is 1. The van der Waals surface area contributed by atoms with Crippen molar-refractivity contribution in [3.05, 3.63) is 33.6 Å². The Morgan fingerprint density at radius 1 is 1.46 bits per heavy atom. The lowest BCUT2D eigenvalue weighted by molar-refractivity contribution is -0.141. The molecule has 3 heterocycles. The second kappa shape index (κ2) is 5.72. The van der Waals surface area contributed by atoms with Gasteiger partial charge >= 0.3 is 5.97 Å². The van der Waals surface area contributed by atoms with Crippen molar-refractivity contribution >= 4 is 29.7 Å². The Balaban J connectivity index is 1.49. The van der Waals surface area contributed by atoms with Gasteiger partial charge in [-0.05, 0) is 31.3 Å². The van der Waals surface area contributed by atoms with Crippen molar-refractivity contribution in [3.63, 3.8) is 0 Å². The smallest absolute Gasteiger partial charge is 0.353 e. The van der Waals surface area contributed by atoms with Crippen LogP contribution >= 0.6 is 11.8 Å². The van der Waals surface area contributed by atoms with E-state index in [1.54, 1.807) is 12.5 Å². The topological polar surface area (TPSA) is 84.7 Å². The quantitative estimate of drug-likeness (QED) is 0.629. The summed E-state index contributed by atoms with van der Waals surface area (Å²) in [6.07, 6.45) is 5.47. The molecule has 2 bridgehead atoms. The molecule has 2 unspecified atom stereocenters. The number of carboxylic acid groups (broad SMARTS) is 1. The number of aliphatic carboxylic acids is 1. The van der Waals surface area contributed by atoms with Gasteiger partial charge in [0.15, 0.2) is 0 Å². The molecule has 7 nitrogen and oxygen atoms in total. The molecule has 8 heteroatoms. The number of fused-ring (bicyclic) bond motifs is 6. The average Bonchev–Trinajstić information content (AvgIpc) is 3.37. The number of hydrogen-bond donors (Lipinski definition) is 1. The second-order valence-corrected chi connectivity index (χ2v) is 8.13. The third-order valence-corrected chi connectivity index (χ3v) is 6.92. The Hall–Kier alpha value is -2.06. The van der Waals surface area contributed by atoms with E-state index in [2.05, 4.69) is 4.68 Å². The molecule has 2 aliphatic carbocycles. The van der Waals surface area contributed by atoms with Crippen molar-refractivity contribution in [2.24, 2.45) is 0 Å². The number of nitrogens with zero attached hydrogens (tertiary/aromatic N) is 3. The van der Waals surface area contributed by atoms with Crippen LogP contribution in [0.3, 0.4) is 0 Å². The van der Waals surface area contributed by atoms with Crippen molar-refractivity contribution < 1.29 is 19.4 Å². The average molecular weight is 373 g/mol. The molecule has 4 aliphatic rings. The number of ether oxygens (including phenoxy) is 1. The maximum Gasteiger partial charge on any atom is 0.353 e. The van der Waals surface area contributed by atoms with Gasteiger partial charge < -0.3 is 9.84 Å². The zero-order valence-corrected chi connectivity index (χ0v) is 15.2. The van der Waals surface area contributed by atoms with E-state index in [0.29, 0.717) is 30.6 Å². The predicted molar refractivity (Wildman–Crippen MR) is 95.4 cm³/mol. The first kappa shape index (κ1) is 16.1. The van der Waals surface area contributed by atoms with Crippen LogP contribution in [-0.4, -0.2) is 50.8 Å². The molecule has 1 amide bonds. The van der Waals surface area contributed by atoms with E-state index in [0.717, 1.165) is 5.69 Å². The molecule has 136 valence electrons. The maximum atomic E-state index is 12.5. The number of carbonyl (C=O) groups excluding carboxylic acids is 1. The number of carboxylic acids is 1. The Kier molecular flexibility index (Phi) is 3.55. The normalized spacial score (nSPS) is 29.8. The fraction of sp³-hybridized carbons (Fsp3) is 0.500. The van der Waals surface area contributed by atoms with Crippen LogP contribution in [0.5, 0.6) is 0 Å². The highest BCUT2D eigenvalue weighted by atomic mass is 32.2. The highest BCUT2D eigenvalue weighted by Crippen LogP contribution is 2.55. The molecule has 1 aromatic rings. The Morgan fingerprint density at radius 3 is 3.04 bits per heavy atom. The monoisotopic (exact) mass is 373 g/mol. The Labute approximate surface area is 154 Å². The fourth-order valence-corrected chi connectivity index (χ4v) is 5.84. The van der Waals surface area contributed by atoms with E-state index in [4.69, 9.17) is 9.84 Å². The molecule has 0 radical (unpaired) electrons. The van der Waals surface area contributed by atoms with Crippen LogP contribution < -0.4 is 0 Å². The molecule has 1 saturated carbocycles. The third-order valence-electron chi connectivity index (χ3n) is 5.84. The maximum absolute atomic E-state index is 12.5. The van der Waals surface area contributed by atoms with Gasteiger partial charge in [-0.3, -0.25) is 14.4 Å². The molecule has 2 aliphatic heterocycles. The molecule has 1 N–H and O–H groups in total. The lowest BCUT2D eigenvalue weighted by atomic mass is 9.93. The summed E-state index contributed by atoms with van der Waals surface area (Å²) in [5.41, 5.74) is 4.21. The van der Waals surface area contributed by atoms with Crippen molar-refractivity contribution in [3.8, 4) is 0 Å². The number of carbonyl (C=O) groups is 2. The van der Waals surface area contributed by atoms with Crippen LogP contribution in [-0.2, 0) is 20.9 Å². The number of aromatic nitrogens is 2. The Bertz CT molecular complexity index is 887. The van der Waals surface area contributed by atoms with E-state index in [9.17, 15) is 14.7 Å². The number of methoxy groups -OCH3 is 1. The van der Waals surface area contributed by atoms with Crippen LogP contribution in [0.2, 0.25) is 0 Å². The molecule has 2 fully saturated rings. The summed E-state index contributed by atoms with van der Waals surface area (Å²) in [4.78, 5) is 25.1. The molecule has 26 heavy (non-hydrogen) atoms. The molecule has 5 rings (SSSR count). The highest BCUT2D eigenvalue weighted by molar-refractivity contribution is 8.03. The first-order valence-corrected chi connectivity index (χ1v) is 9.78. The molecule has 1 aromatic heterocycles. The molecule has 0 aromatic carbocycles. The minimum absolute atomic E-state index is 0.0667. The van der Waals surface area contributed by atoms with Gasteiger partial charge in [0.1, 0.15) is 11.1 Å². The van der Waals surface area contributed by atoms with Gasteiger partial charge in [0.2, 0.25) is 0 Å². The van der Waals surface area contributed by atoms with Crippen LogP contribution in [0.15, 0.2) is 16.7 Å². The van der Waals surface area contributed by atoms with Gasteiger partial charge in [-0.2, -0.15) is 5.10 Å². The van der Waals surface area contributed by atoms with Crippen molar-refractivity contribution in [2.45, 2.75) is 43.0 Å². The largest absolute Gasteiger partial charge is 0.477 e. The predicted octanol–water partition coefficient (Wildman–Crippen LogP) is 2.12. The summed E-state index contributed by atoms with van der Waals surface area (Å²) in [5, 5.41) is 15.3. The van der Waals surface area contributed by atoms with Crippen molar-refractivity contribution in [1.29, 1.82) is 0 Å². The van der Waals surface area contributed by atoms with Crippen LogP contribution in [0.4, 0.5) is 0 Å². The van der Waals surface area contributed by atoms with Crippen LogP contribution in [0.25, 0.3) is 6.08 Å². The summed E-state index contributed by atoms with van der Waals surface area (Å²) >= 11 is 1.37. The minimum atomic E-state index is -1.06. The zero-order chi connectivity index (χ0) is 18.0. The van der Waals surface area contributed by atoms with E-state index in [1.807, 2.05) is 6.08 Å². The first-order valence-electron chi connectivity index (χ1n) is 8.83. The molecular formula is C18H19N3O4S. The lowest BCUT2D eigenvalue weighted by Crippen LogP contribution is -2.51. The standard InChI is InChI=1S/C18H19N3O4S/c1-25-5-4-20-15-10-3-2-9(6-10)14(15)12(19-20)7-11-16(22)21-13(18(23)24)8-26-17(11)21/h7-10,17H,2-6H2,1H3,(H,23,24)/t9?,10?,17-/m1/s1. The summed E-state index contributed by atoms with van der Waals surface area (Å²) in [5.74, 6) is -0.180. The number of thioether (sulfide) groups is 1. The minimum Gasteiger partial charge on any atom is -0.477 e. The SMILES string of the molecule is COCCn1nc(C=C2C(=O)N3C(C(=O)O)=CS[C@H]23)c2c1C1CCC2C1. The number of amides is 1. The lowest BCUT2D eigenvalue weighted by Gasteiger charge is -2.37. The van der Waals surface area contributed by atoms with Gasteiger partial charge in [-0.15, -0.1) is 11.8 Å². The van der Waals surface area contributed by atoms with Crippen molar-refractivity contribution in [2.75, 3.05) is 13.7 Å². The first-order chi connectivity index (χ1) is 12.6. The van der Waals surface area contributed by atoms with Gasteiger partial charge in [-0.25, -0.2) is 4.79 Å². The van der Waals surface area contributed by atoms with E-state index in [1.165, 1.54) is 47.2 Å². The van der Waals surface area contributed by atoms with Gasteiger partial charge in [0.25, 0.3) is 5.91 Å². The highest BCUT2D eigenvalue weighted by Gasteiger charge is 2.50. The summed E-state index contributed by atoms with van der Waals surface area (Å²) in [7, 11) is 1.69. The summed E-state index contributed by atoms with van der Waals surface area (Å²) < 4.78 is 7.27. The second-order valence-electron chi connectivity index (χ2n) is 7.18.